The first-order valence-electron chi connectivity index (χ1n) is 7.76. The number of allylic oxidation sites excluding steroid dienone is 1. The van der Waals surface area contributed by atoms with E-state index in [1.54, 1.807) is 12.2 Å². The van der Waals surface area contributed by atoms with E-state index in [-0.39, 0.29) is 0 Å². The van der Waals surface area contributed by atoms with Crippen molar-refractivity contribution in [2.45, 2.75) is 18.3 Å². The number of carbonyl (C=O) groups is 1. The lowest BCUT2D eigenvalue weighted by molar-refractivity contribution is -0.133. The minimum absolute atomic E-state index is 0.318. The van der Waals surface area contributed by atoms with E-state index in [0.717, 1.165) is 16.8 Å². The molecule has 0 bridgehead atoms. The fraction of sp³-hybridized carbons (Fsp3) is 0.211. The molecule has 24 heavy (non-hydrogen) atoms. The second-order valence-corrected chi connectivity index (χ2v) is 5.97. The molecular formula is C19H16O5. The van der Waals surface area contributed by atoms with Crippen molar-refractivity contribution in [2.24, 2.45) is 5.92 Å². The lowest BCUT2D eigenvalue weighted by atomic mass is 9.93. The van der Waals surface area contributed by atoms with Gasteiger partial charge in [-0.2, -0.15) is 0 Å². The lowest BCUT2D eigenvalue weighted by Crippen LogP contribution is -2.49. The highest BCUT2D eigenvalue weighted by Crippen LogP contribution is 2.47. The van der Waals surface area contributed by atoms with Gasteiger partial charge >= 0.3 is 5.97 Å². The molecule has 122 valence electrons. The van der Waals surface area contributed by atoms with E-state index in [4.69, 9.17) is 14.6 Å². The zero-order chi connectivity index (χ0) is 16.7. The maximum atomic E-state index is 10.7. The molecule has 0 amide bonds. The van der Waals surface area contributed by atoms with Crippen LogP contribution >= 0.6 is 0 Å². The molecule has 5 nitrogen and oxygen atoms in total. The fourth-order valence-electron chi connectivity index (χ4n) is 3.37. The number of rotatable bonds is 3. The zero-order valence-electron chi connectivity index (χ0n) is 12.8. The molecule has 0 radical (unpaired) electrons. The van der Waals surface area contributed by atoms with Gasteiger partial charge in [0.25, 0.3) is 5.79 Å². The maximum absolute atomic E-state index is 10.7. The van der Waals surface area contributed by atoms with E-state index in [1.807, 2.05) is 36.4 Å². The van der Waals surface area contributed by atoms with Crippen LogP contribution in [0.4, 0.5) is 0 Å². The minimum atomic E-state index is -1.13. The molecule has 0 saturated carbocycles. The van der Waals surface area contributed by atoms with Gasteiger partial charge in [0.1, 0.15) is 11.5 Å². The van der Waals surface area contributed by atoms with Crippen molar-refractivity contribution in [2.75, 3.05) is 0 Å². The summed E-state index contributed by atoms with van der Waals surface area (Å²) in [5, 5.41) is 21.0. The number of carboxylic acid groups (broad SMARTS) is 1. The Bertz CT molecular complexity index is 826. The van der Waals surface area contributed by atoms with Crippen molar-refractivity contribution in [3.8, 4) is 11.5 Å². The summed E-state index contributed by atoms with van der Waals surface area (Å²) in [4.78, 5) is 10.7. The zero-order valence-corrected chi connectivity index (χ0v) is 12.8. The largest absolute Gasteiger partial charge is 0.478 e. The summed E-state index contributed by atoms with van der Waals surface area (Å²) in [6, 6.07) is 11.5. The van der Waals surface area contributed by atoms with Crippen LogP contribution in [-0.4, -0.2) is 28.1 Å². The van der Waals surface area contributed by atoms with Crippen LogP contribution in [-0.2, 0) is 4.79 Å². The summed E-state index contributed by atoms with van der Waals surface area (Å²) in [6.07, 6.45) is 5.47. The molecule has 4 rings (SSSR count). The van der Waals surface area contributed by atoms with Crippen LogP contribution in [0, 0.1) is 5.92 Å². The number of aliphatic hydroxyl groups is 1. The number of benzene rings is 2. The number of carboxylic acids is 1. The third-order valence-corrected chi connectivity index (χ3v) is 4.47. The van der Waals surface area contributed by atoms with E-state index in [1.165, 1.54) is 6.08 Å². The summed E-state index contributed by atoms with van der Waals surface area (Å²) >= 11 is 0. The number of hydrogen-bond donors (Lipinski definition) is 2. The van der Waals surface area contributed by atoms with Crippen LogP contribution in [0.3, 0.4) is 0 Å². The second kappa shape index (κ2) is 5.39. The summed E-state index contributed by atoms with van der Waals surface area (Å²) < 4.78 is 12.3. The van der Waals surface area contributed by atoms with Crippen LogP contribution in [0.25, 0.3) is 10.8 Å². The minimum Gasteiger partial charge on any atom is -0.478 e. The monoisotopic (exact) mass is 324 g/mol. The van der Waals surface area contributed by atoms with Gasteiger partial charge in [0.15, 0.2) is 0 Å². The average molecular weight is 324 g/mol. The molecule has 0 aromatic heterocycles. The Balaban J connectivity index is 1.73. The average Bonchev–Trinajstić information content (AvgIpc) is 2.84. The predicted octanol–water partition coefficient (Wildman–Crippen LogP) is 2.89. The molecule has 2 atom stereocenters. The van der Waals surface area contributed by atoms with E-state index >= 15 is 0 Å². The first-order valence-corrected chi connectivity index (χ1v) is 7.76. The van der Waals surface area contributed by atoms with Crippen molar-refractivity contribution in [3.63, 3.8) is 0 Å². The van der Waals surface area contributed by atoms with Crippen LogP contribution in [0.15, 0.2) is 60.7 Å². The quantitative estimate of drug-likeness (QED) is 0.671. The van der Waals surface area contributed by atoms with Crippen LogP contribution in [0.1, 0.15) is 6.42 Å². The molecule has 2 unspecified atom stereocenters. The van der Waals surface area contributed by atoms with Gasteiger partial charge in [-0.3, -0.25) is 0 Å². The Morgan fingerprint density at radius 1 is 1.17 bits per heavy atom. The SMILES string of the molecule is O=C(O)C=CCC1C(O)C=CC12Oc1cccc3cccc(c13)O2. The Morgan fingerprint density at radius 3 is 2.46 bits per heavy atom. The molecule has 1 heterocycles. The summed E-state index contributed by atoms with van der Waals surface area (Å²) in [5.41, 5.74) is 0. The maximum Gasteiger partial charge on any atom is 0.327 e. The Kier molecular flexibility index (Phi) is 3.32. The molecule has 5 heteroatoms. The van der Waals surface area contributed by atoms with Crippen molar-refractivity contribution in [1.29, 1.82) is 0 Å². The standard InChI is InChI=1S/C19H16O5/c20-14-10-11-19(13(14)6-3-9-17(21)22)23-15-7-1-4-12-5-2-8-16(24-19)18(12)15/h1-5,7-11,13-14,20H,6H2,(H,21,22). The summed E-state index contributed by atoms with van der Waals surface area (Å²) in [7, 11) is 0. The van der Waals surface area contributed by atoms with Crippen LogP contribution in [0.5, 0.6) is 11.5 Å². The molecule has 2 aliphatic rings. The van der Waals surface area contributed by atoms with Gasteiger partial charge in [-0.25, -0.2) is 4.79 Å². The fourth-order valence-corrected chi connectivity index (χ4v) is 3.37. The number of hydrogen-bond acceptors (Lipinski definition) is 4. The molecule has 1 spiro atoms. The highest BCUT2D eigenvalue weighted by molar-refractivity contribution is 5.94. The van der Waals surface area contributed by atoms with Crippen LogP contribution in [0.2, 0.25) is 0 Å². The van der Waals surface area contributed by atoms with Crippen molar-refractivity contribution in [1.82, 2.24) is 0 Å². The molecule has 1 aliphatic heterocycles. The van der Waals surface area contributed by atoms with E-state index in [0.29, 0.717) is 17.9 Å². The number of aliphatic carboxylic acids is 1. The van der Waals surface area contributed by atoms with Gasteiger partial charge < -0.3 is 19.7 Å². The normalized spacial score (nSPS) is 23.5. The summed E-state index contributed by atoms with van der Waals surface area (Å²) in [5.74, 6) is -1.20. The number of ether oxygens (including phenoxy) is 2. The first-order chi connectivity index (χ1) is 11.6. The van der Waals surface area contributed by atoms with E-state index in [2.05, 4.69) is 0 Å². The molecule has 1 aliphatic carbocycles. The highest BCUT2D eigenvalue weighted by Gasteiger charge is 2.50. The molecule has 2 N–H and O–H groups in total. The van der Waals surface area contributed by atoms with E-state index in [9.17, 15) is 9.90 Å². The first kappa shape index (κ1) is 14.8. The smallest absolute Gasteiger partial charge is 0.327 e. The Labute approximate surface area is 138 Å². The molecule has 2 aromatic rings. The van der Waals surface area contributed by atoms with Gasteiger partial charge in [-0.05, 0) is 30.0 Å². The summed E-state index contributed by atoms with van der Waals surface area (Å²) in [6.45, 7) is 0. The molecule has 0 saturated heterocycles. The second-order valence-electron chi connectivity index (χ2n) is 5.97. The van der Waals surface area contributed by atoms with Gasteiger partial charge in [0, 0.05) is 6.08 Å². The lowest BCUT2D eigenvalue weighted by Gasteiger charge is -2.39. The predicted molar refractivity (Wildman–Crippen MR) is 88.0 cm³/mol. The van der Waals surface area contributed by atoms with Crippen molar-refractivity contribution < 1.29 is 24.5 Å². The van der Waals surface area contributed by atoms with E-state index < -0.39 is 23.8 Å². The van der Waals surface area contributed by atoms with Crippen molar-refractivity contribution >= 4 is 16.7 Å². The molecule has 0 fully saturated rings. The molecule has 2 aromatic carbocycles. The van der Waals surface area contributed by atoms with Crippen molar-refractivity contribution in [3.05, 3.63) is 60.7 Å². The van der Waals surface area contributed by atoms with Gasteiger partial charge in [0.2, 0.25) is 0 Å². The van der Waals surface area contributed by atoms with Gasteiger partial charge in [-0.15, -0.1) is 0 Å². The molecular weight excluding hydrogens is 308 g/mol. The van der Waals surface area contributed by atoms with Crippen LogP contribution < -0.4 is 9.47 Å². The Morgan fingerprint density at radius 2 is 1.83 bits per heavy atom. The topological polar surface area (TPSA) is 76.0 Å². The van der Waals surface area contributed by atoms with Gasteiger partial charge in [-0.1, -0.05) is 36.4 Å². The number of aliphatic hydroxyl groups excluding tert-OH is 1. The van der Waals surface area contributed by atoms with Gasteiger partial charge in [0.05, 0.1) is 17.4 Å². The third kappa shape index (κ3) is 2.25. The Hall–Kier alpha value is -2.79. The third-order valence-electron chi connectivity index (χ3n) is 4.47. The highest BCUT2D eigenvalue weighted by atomic mass is 16.7.